The molecule has 3 aliphatic rings. The van der Waals surface area contributed by atoms with Crippen LogP contribution in [0.3, 0.4) is 0 Å². The van der Waals surface area contributed by atoms with Crippen molar-refractivity contribution in [3.63, 3.8) is 0 Å². The van der Waals surface area contributed by atoms with Gasteiger partial charge in [-0.25, -0.2) is 4.79 Å². The summed E-state index contributed by atoms with van der Waals surface area (Å²) in [7, 11) is 0. The Bertz CT molecular complexity index is 3450. The Labute approximate surface area is 732 Å². The number of hydrogen-bond donors (Lipinski definition) is 7. The van der Waals surface area contributed by atoms with Gasteiger partial charge >= 0.3 is 17.9 Å². The summed E-state index contributed by atoms with van der Waals surface area (Å²) < 4.78 is 114. The molecule has 0 aromatic carbocycles. The first-order chi connectivity index (χ1) is 59.2. The zero-order chi connectivity index (χ0) is 103. The van der Waals surface area contributed by atoms with E-state index in [1.807, 2.05) is 83.1 Å². The van der Waals surface area contributed by atoms with Gasteiger partial charge in [0, 0.05) is 98.0 Å². The SMILES string of the molecule is [2H]C([2H])(C(C)C)[C@H](CC)C(=O)NCCC(C)C.[2H]C([2H])(C(C)C)[C@H](CC)C(=O)O.[2H]C([2H])([2H])C([2H])(C)C[C@H](CC(=O)[C@H]1O[C@@H]1C(C)=O)C(=O)NCCC(C)C.[2H][C@@](CC(=O)[C@H]1O[C@@H]1C(=O)OCC)(CC(C)C)C(=O)NCCC(C)C.[2H][C@@](CC(=O)[C@H]1O[C@@H]1C(C)=O)(CC(C)C)C(=O)NCCC(C)C.[2H][C@@](CC)(CC(C)C)C(=O)NCCC(C)C.[2H][C@](CC)(CC(C)C)C(=O)O. The molecule has 0 aromatic heterocycles. The highest BCUT2D eigenvalue weighted by Gasteiger charge is 2.52. The second-order valence-electron chi connectivity index (χ2n) is 35.5. The summed E-state index contributed by atoms with van der Waals surface area (Å²) in [6, 6.07) is 0. The molecule has 690 valence electrons. The second-order valence-corrected chi connectivity index (χ2v) is 35.5. The fraction of sp³-hybridized carbons (Fsp3) is 0.862. The minimum Gasteiger partial charge on any atom is -0.481 e. The molecule has 3 fully saturated rings. The van der Waals surface area contributed by atoms with E-state index in [-0.39, 0.29) is 97.5 Å². The standard InChI is InChI=1S/C18H31NO5.2C17H29NO4.2C13H27NO.2C8H16O2/c1-6-23-18(22)16-15(24-16)14(20)10-13(9-12(4)5)17(21)19-8-7-11(2)3;2*1-10(2)6-7-18-17(21)13(8-11(3)4)9-14(20)16-15(22-16)12(5)19;2*1-6-12(9-11(4)5)13(15)14-8-7-10(2)3;2*1-4-7(8(9)10)5-6(2)3/h11-13,15-16H,6-10H2,1-5H3,(H,19,21);2*10-11,13,15-16H,6-9H2,1-5H3,(H,18,21);2*10-12H,6-9H2,1-5H3,(H,14,15);2*6-7H,4-5H2,1-3H3,(H,9,10)/t13-,15+,16-;13-,15+,16+;13-,15-,16-;2*12-;2*7-/m0011000/s1/i2*13D;3D3,11D;12D;9D2;7D;5D2/t2m;11?,13-,15-,16-;4m. The topological polar surface area (TPSA) is 369 Å². The molecular formula is C94H175N5O19. The van der Waals surface area contributed by atoms with Crippen molar-refractivity contribution in [3.05, 3.63) is 0 Å². The van der Waals surface area contributed by atoms with Crippen molar-refractivity contribution in [3.8, 4) is 0 Å². The van der Waals surface area contributed by atoms with Crippen LogP contribution in [0.5, 0.6) is 0 Å². The molecule has 118 heavy (non-hydrogen) atoms. The zero-order valence-electron chi connectivity index (χ0n) is 90.6. The average Bonchev–Trinajstić information content (AvgIpc) is 1.63. The van der Waals surface area contributed by atoms with Gasteiger partial charge in [0.25, 0.3) is 0 Å². The van der Waals surface area contributed by atoms with E-state index in [1.54, 1.807) is 34.6 Å². The number of ketones is 5. The number of amides is 5. The molecule has 24 heteroatoms. The molecular weight excluding hydrogens is 1500 g/mol. The Hall–Kier alpha value is -6.01. The lowest BCUT2D eigenvalue weighted by Gasteiger charge is -2.18. The summed E-state index contributed by atoms with van der Waals surface area (Å²) in [4.78, 5) is 153. The van der Waals surface area contributed by atoms with Gasteiger partial charge in [-0.15, -0.1) is 0 Å². The van der Waals surface area contributed by atoms with Crippen molar-refractivity contribution in [1.29, 1.82) is 0 Å². The van der Waals surface area contributed by atoms with Crippen LogP contribution in [0.25, 0.3) is 0 Å². The van der Waals surface area contributed by atoms with E-state index in [1.165, 1.54) is 20.8 Å². The molecule has 3 saturated heterocycles. The number of aliphatic carboxylic acids is 2. The number of epoxide rings is 3. The van der Waals surface area contributed by atoms with Crippen LogP contribution in [0.4, 0.5) is 0 Å². The van der Waals surface area contributed by atoms with Crippen LogP contribution in [-0.4, -0.2) is 163 Å². The molecule has 24 nitrogen and oxygen atoms in total. The van der Waals surface area contributed by atoms with Gasteiger partial charge in [0.1, 0.15) is 24.4 Å². The predicted molar refractivity (Wildman–Crippen MR) is 472 cm³/mol. The highest BCUT2D eigenvalue weighted by Crippen LogP contribution is 2.32. The van der Waals surface area contributed by atoms with E-state index in [9.17, 15) is 62.3 Å². The van der Waals surface area contributed by atoms with Crippen LogP contribution in [0.1, 0.15) is 353 Å². The van der Waals surface area contributed by atoms with Gasteiger partial charge in [0.2, 0.25) is 29.5 Å². The number of carboxylic acid groups (broad SMARTS) is 2. The average molecular weight is 1690 g/mol. The van der Waals surface area contributed by atoms with Crippen LogP contribution < -0.4 is 26.6 Å². The molecule has 0 saturated carbocycles. The zero-order valence-corrected chi connectivity index (χ0v) is 78.6. The number of hydrogen-bond acceptors (Lipinski definition) is 17. The van der Waals surface area contributed by atoms with Crippen LogP contribution >= 0.6 is 0 Å². The lowest BCUT2D eigenvalue weighted by molar-refractivity contribution is -0.145. The van der Waals surface area contributed by atoms with Crippen molar-refractivity contribution < 1.29 is 108 Å². The Morgan fingerprint density at radius 3 is 0.881 bits per heavy atom. The van der Waals surface area contributed by atoms with Crippen LogP contribution in [0.2, 0.25) is 0 Å². The number of nitrogens with one attached hydrogen (secondary N) is 5. The number of esters is 1. The summed E-state index contributed by atoms with van der Waals surface area (Å²) in [6.45, 7) is 56.6. The number of rotatable bonds is 53. The maximum Gasteiger partial charge on any atom is 0.338 e. The number of carbonyl (C=O) groups is 13. The fourth-order valence-electron chi connectivity index (χ4n) is 11.5. The molecule has 0 bridgehead atoms. The lowest BCUT2D eigenvalue weighted by atomic mass is 9.90. The van der Waals surface area contributed by atoms with E-state index >= 15 is 0 Å². The maximum absolute atomic E-state index is 12.5. The van der Waals surface area contributed by atoms with Gasteiger partial charge in [-0.3, -0.25) is 57.5 Å². The van der Waals surface area contributed by atoms with Gasteiger partial charge in [-0.2, -0.15) is 0 Å². The quantitative estimate of drug-likeness (QED) is 0.0220. The molecule has 3 heterocycles. The number of carboxylic acids is 2. The first-order valence-electron chi connectivity index (χ1n) is 49.8. The molecule has 1 unspecified atom stereocenters. The third kappa shape index (κ3) is 62.2. The van der Waals surface area contributed by atoms with E-state index in [2.05, 4.69) is 95.8 Å². The summed E-state index contributed by atoms with van der Waals surface area (Å²) in [5.74, 6) is -12.4. The second kappa shape index (κ2) is 66.6. The summed E-state index contributed by atoms with van der Waals surface area (Å²) >= 11 is 0. The van der Waals surface area contributed by atoms with Crippen molar-refractivity contribution in [2.24, 2.45) is 112 Å². The normalized spacial score (nSPS) is 21.4. The fourth-order valence-corrected chi connectivity index (χ4v) is 11.5. The molecule has 0 radical (unpaired) electrons. The monoisotopic (exact) mass is 1690 g/mol. The van der Waals surface area contributed by atoms with Crippen molar-refractivity contribution in [1.82, 2.24) is 26.6 Å². The number of carbonyl (C=O) groups excluding carboxylic acids is 11. The van der Waals surface area contributed by atoms with Crippen molar-refractivity contribution in [2.75, 3.05) is 39.3 Å². The summed E-state index contributed by atoms with van der Waals surface area (Å²) in [6.07, 6.45) is -1.13. The molecule has 7 N–H and O–H groups in total. The first-order valence-corrected chi connectivity index (χ1v) is 43.8. The van der Waals surface area contributed by atoms with Gasteiger partial charge in [-0.05, 0) is 194 Å². The minimum absolute atomic E-state index is 0.0853. The van der Waals surface area contributed by atoms with Gasteiger partial charge in [0.05, 0.1) is 18.4 Å². The first kappa shape index (κ1) is 95.8. The Kier molecular flexibility index (Phi) is 54.1. The molecule has 3 aliphatic heterocycles. The van der Waals surface area contributed by atoms with Gasteiger partial charge in [-0.1, -0.05) is 194 Å². The van der Waals surface area contributed by atoms with E-state index in [0.29, 0.717) is 113 Å². The number of Topliss-reactive ketones (excluding diaryl/α,β-unsaturated/α-hetero) is 5. The highest BCUT2D eigenvalue weighted by molar-refractivity contribution is 5.99. The Morgan fingerprint density at radius 2 is 0.627 bits per heavy atom. The smallest absolute Gasteiger partial charge is 0.338 e. The molecule has 3 rings (SSSR count). The molecule has 0 aromatic rings. The lowest BCUT2D eigenvalue weighted by Crippen LogP contribution is -2.35. The third-order valence-corrected chi connectivity index (χ3v) is 18.2. The van der Waals surface area contributed by atoms with E-state index in [0.717, 1.165) is 32.1 Å². The maximum atomic E-state index is 12.5. The van der Waals surface area contributed by atoms with Gasteiger partial charge in [0.15, 0.2) is 41.1 Å². The predicted octanol–water partition coefficient (Wildman–Crippen LogP) is 17.1. The van der Waals surface area contributed by atoms with Crippen LogP contribution in [0.15, 0.2) is 0 Å². The number of ether oxygens (including phenoxy) is 4. The minimum atomic E-state index is -2.58. The van der Waals surface area contributed by atoms with E-state index < -0.39 is 151 Å². The van der Waals surface area contributed by atoms with Crippen molar-refractivity contribution in [2.45, 2.75) is 373 Å². The van der Waals surface area contributed by atoms with Crippen LogP contribution in [-0.2, 0) is 81.3 Å². The molecule has 0 aliphatic carbocycles. The van der Waals surface area contributed by atoms with E-state index in [4.69, 9.17) is 45.6 Å². The highest BCUT2D eigenvalue weighted by atomic mass is 16.6. The third-order valence-electron chi connectivity index (χ3n) is 18.2. The molecule has 0 spiro atoms. The molecule has 14 atom stereocenters. The summed E-state index contributed by atoms with van der Waals surface area (Å²) in [5, 5.41) is 31.4. The molecule has 5 amide bonds. The van der Waals surface area contributed by atoms with Crippen molar-refractivity contribution >= 4 is 76.4 Å². The largest absolute Gasteiger partial charge is 0.481 e. The van der Waals surface area contributed by atoms with Crippen LogP contribution in [0, 0.1) is 112 Å². The Balaban J connectivity index is -0.000000727. The van der Waals surface area contributed by atoms with Gasteiger partial charge < -0.3 is 55.7 Å². The Morgan fingerprint density at radius 1 is 0.339 bits per heavy atom. The summed E-state index contributed by atoms with van der Waals surface area (Å²) in [5.41, 5.74) is 0.